The summed E-state index contributed by atoms with van der Waals surface area (Å²) in [6.45, 7) is 3.79. The normalized spacial score (nSPS) is 10.4. The lowest BCUT2D eigenvalue weighted by Gasteiger charge is -2.14. The minimum atomic E-state index is -0.206. The molecule has 1 heterocycles. The van der Waals surface area contributed by atoms with Crippen LogP contribution in [0.15, 0.2) is 30.5 Å². The van der Waals surface area contributed by atoms with Crippen LogP contribution in [0.4, 0.5) is 11.4 Å². The van der Waals surface area contributed by atoms with Gasteiger partial charge in [0.25, 0.3) is 5.91 Å². The number of aromatic nitrogens is 1. The molecule has 0 saturated heterocycles. The highest BCUT2D eigenvalue weighted by Gasteiger charge is 2.12. The number of pyridine rings is 1. The molecule has 128 valence electrons. The molecule has 0 unspecified atom stereocenters. The summed E-state index contributed by atoms with van der Waals surface area (Å²) in [7, 11) is 3.10. The van der Waals surface area contributed by atoms with Gasteiger partial charge in [0.05, 0.1) is 36.8 Å². The predicted molar refractivity (Wildman–Crippen MR) is 94.7 cm³/mol. The van der Waals surface area contributed by atoms with Crippen LogP contribution in [-0.2, 0) is 0 Å². The zero-order valence-corrected chi connectivity index (χ0v) is 14.8. The molecule has 2 N–H and O–H groups in total. The number of nitrogens with one attached hydrogen (secondary N) is 2. The fraction of sp³-hybridized carbons (Fsp3) is 0.294. The van der Waals surface area contributed by atoms with Gasteiger partial charge in [-0.2, -0.15) is 0 Å². The van der Waals surface area contributed by atoms with Gasteiger partial charge in [-0.1, -0.05) is 11.6 Å². The van der Waals surface area contributed by atoms with Crippen molar-refractivity contribution in [1.29, 1.82) is 0 Å². The number of benzene rings is 1. The van der Waals surface area contributed by atoms with E-state index in [2.05, 4.69) is 15.6 Å². The Hall–Kier alpha value is -2.47. The van der Waals surface area contributed by atoms with Crippen molar-refractivity contribution in [1.82, 2.24) is 10.3 Å². The van der Waals surface area contributed by atoms with E-state index in [1.54, 1.807) is 44.7 Å². The third kappa shape index (κ3) is 4.29. The number of halogens is 1. The summed E-state index contributed by atoms with van der Waals surface area (Å²) in [4.78, 5) is 16.1. The summed E-state index contributed by atoms with van der Waals surface area (Å²) in [5.74, 6) is 0.894. The Morgan fingerprint density at radius 3 is 2.42 bits per heavy atom. The van der Waals surface area contributed by atoms with Gasteiger partial charge in [-0.25, -0.2) is 4.98 Å². The van der Waals surface area contributed by atoms with Crippen molar-refractivity contribution in [3.63, 3.8) is 0 Å². The Bertz CT molecular complexity index is 718. The Balaban J connectivity index is 2.21. The number of carbonyl (C=O) groups excluding carboxylic acids is 1. The SMILES string of the molecule is COc1cc(Nc2ccc(C(=O)NC(C)C)nc2)c(OC)cc1Cl. The van der Waals surface area contributed by atoms with E-state index >= 15 is 0 Å². The molecule has 6 nitrogen and oxygen atoms in total. The first-order chi connectivity index (χ1) is 11.4. The van der Waals surface area contributed by atoms with E-state index in [9.17, 15) is 4.79 Å². The highest BCUT2D eigenvalue weighted by atomic mass is 35.5. The van der Waals surface area contributed by atoms with Crippen molar-refractivity contribution in [2.24, 2.45) is 0 Å². The van der Waals surface area contributed by atoms with Crippen molar-refractivity contribution < 1.29 is 14.3 Å². The van der Waals surface area contributed by atoms with Crippen LogP contribution >= 0.6 is 11.6 Å². The molecule has 1 amide bonds. The molecule has 0 aliphatic rings. The van der Waals surface area contributed by atoms with Gasteiger partial charge in [0.2, 0.25) is 0 Å². The Morgan fingerprint density at radius 2 is 1.88 bits per heavy atom. The molecule has 24 heavy (non-hydrogen) atoms. The molecule has 2 rings (SSSR count). The van der Waals surface area contributed by atoms with E-state index in [0.29, 0.717) is 33.6 Å². The third-order valence-electron chi connectivity index (χ3n) is 3.17. The lowest BCUT2D eigenvalue weighted by atomic mass is 10.2. The predicted octanol–water partition coefficient (Wildman–Crippen LogP) is 3.63. The summed E-state index contributed by atoms with van der Waals surface area (Å²) in [5, 5.41) is 6.43. The van der Waals surface area contributed by atoms with Crippen LogP contribution in [-0.4, -0.2) is 31.2 Å². The van der Waals surface area contributed by atoms with Gasteiger partial charge in [-0.05, 0) is 26.0 Å². The van der Waals surface area contributed by atoms with Crippen LogP contribution in [0.2, 0.25) is 5.02 Å². The molecule has 0 bridgehead atoms. The first-order valence-corrected chi connectivity index (χ1v) is 7.78. The highest BCUT2D eigenvalue weighted by Crippen LogP contribution is 2.37. The second kappa shape index (κ2) is 7.88. The average Bonchev–Trinajstić information content (AvgIpc) is 2.56. The number of hydrogen-bond acceptors (Lipinski definition) is 5. The molecule has 0 aliphatic carbocycles. The van der Waals surface area contributed by atoms with Crippen LogP contribution in [0.5, 0.6) is 11.5 Å². The van der Waals surface area contributed by atoms with Crippen molar-refractivity contribution >= 4 is 28.9 Å². The maximum absolute atomic E-state index is 11.9. The highest BCUT2D eigenvalue weighted by molar-refractivity contribution is 6.32. The number of amides is 1. The lowest BCUT2D eigenvalue weighted by molar-refractivity contribution is 0.0938. The zero-order valence-electron chi connectivity index (χ0n) is 14.0. The molecular weight excluding hydrogens is 330 g/mol. The van der Waals surface area contributed by atoms with Gasteiger partial charge in [-0.15, -0.1) is 0 Å². The summed E-state index contributed by atoms with van der Waals surface area (Å²) in [6.07, 6.45) is 1.58. The molecular formula is C17H20ClN3O3. The minimum Gasteiger partial charge on any atom is -0.495 e. The summed E-state index contributed by atoms with van der Waals surface area (Å²) >= 11 is 6.09. The minimum absolute atomic E-state index is 0.0582. The molecule has 0 saturated carbocycles. The average molecular weight is 350 g/mol. The van der Waals surface area contributed by atoms with Crippen molar-refractivity contribution in [2.75, 3.05) is 19.5 Å². The van der Waals surface area contributed by atoms with Crippen LogP contribution < -0.4 is 20.1 Å². The number of rotatable bonds is 6. The van der Waals surface area contributed by atoms with Crippen LogP contribution in [0.25, 0.3) is 0 Å². The smallest absolute Gasteiger partial charge is 0.270 e. The van der Waals surface area contributed by atoms with Gasteiger partial charge in [0.1, 0.15) is 17.2 Å². The van der Waals surface area contributed by atoms with E-state index in [-0.39, 0.29) is 11.9 Å². The maximum atomic E-state index is 11.9. The number of nitrogens with zero attached hydrogens (tertiary/aromatic N) is 1. The molecule has 0 radical (unpaired) electrons. The van der Waals surface area contributed by atoms with Crippen molar-refractivity contribution in [3.8, 4) is 11.5 Å². The first-order valence-electron chi connectivity index (χ1n) is 7.40. The van der Waals surface area contributed by atoms with Gasteiger partial charge in [0.15, 0.2) is 0 Å². The van der Waals surface area contributed by atoms with Gasteiger partial charge < -0.3 is 20.1 Å². The second-order valence-corrected chi connectivity index (χ2v) is 5.78. The number of hydrogen-bond donors (Lipinski definition) is 2. The monoisotopic (exact) mass is 349 g/mol. The third-order valence-corrected chi connectivity index (χ3v) is 3.46. The standard InChI is InChI=1S/C17H20ClN3O3/c1-10(2)20-17(22)13-6-5-11(9-19-13)21-14-8-15(23-3)12(18)7-16(14)24-4/h5-10,21H,1-4H3,(H,20,22). The number of carbonyl (C=O) groups is 1. The van der Waals surface area contributed by atoms with Gasteiger partial charge >= 0.3 is 0 Å². The Kier molecular flexibility index (Phi) is 5.87. The van der Waals surface area contributed by atoms with E-state index in [1.807, 2.05) is 13.8 Å². The van der Waals surface area contributed by atoms with Gasteiger partial charge in [0, 0.05) is 18.2 Å². The molecule has 0 aliphatic heterocycles. The van der Waals surface area contributed by atoms with Crippen LogP contribution in [0, 0.1) is 0 Å². The Labute approximate surface area is 146 Å². The molecule has 7 heteroatoms. The summed E-state index contributed by atoms with van der Waals surface area (Å²) in [6, 6.07) is 6.88. The molecule has 0 spiro atoms. The fourth-order valence-corrected chi connectivity index (χ4v) is 2.28. The summed E-state index contributed by atoms with van der Waals surface area (Å²) < 4.78 is 10.5. The Morgan fingerprint density at radius 1 is 1.17 bits per heavy atom. The molecule has 1 aromatic carbocycles. The topological polar surface area (TPSA) is 72.5 Å². The van der Waals surface area contributed by atoms with E-state index in [4.69, 9.17) is 21.1 Å². The lowest BCUT2D eigenvalue weighted by Crippen LogP contribution is -2.30. The number of methoxy groups -OCH3 is 2. The maximum Gasteiger partial charge on any atom is 0.270 e. The molecule has 2 aromatic rings. The van der Waals surface area contributed by atoms with E-state index in [0.717, 1.165) is 0 Å². The molecule has 1 aromatic heterocycles. The quantitative estimate of drug-likeness (QED) is 0.833. The molecule has 0 atom stereocenters. The largest absolute Gasteiger partial charge is 0.495 e. The van der Waals surface area contributed by atoms with Crippen molar-refractivity contribution in [3.05, 3.63) is 41.2 Å². The fourth-order valence-electron chi connectivity index (χ4n) is 2.05. The van der Waals surface area contributed by atoms with E-state index < -0.39 is 0 Å². The van der Waals surface area contributed by atoms with E-state index in [1.165, 1.54) is 0 Å². The second-order valence-electron chi connectivity index (χ2n) is 5.37. The first kappa shape index (κ1) is 17.9. The summed E-state index contributed by atoms with van der Waals surface area (Å²) in [5.41, 5.74) is 1.74. The van der Waals surface area contributed by atoms with Crippen molar-refractivity contribution in [2.45, 2.75) is 19.9 Å². The van der Waals surface area contributed by atoms with Crippen LogP contribution in [0.3, 0.4) is 0 Å². The number of anilines is 2. The number of ether oxygens (including phenoxy) is 2. The van der Waals surface area contributed by atoms with Crippen LogP contribution in [0.1, 0.15) is 24.3 Å². The zero-order chi connectivity index (χ0) is 17.7. The molecule has 0 fully saturated rings. The van der Waals surface area contributed by atoms with Gasteiger partial charge in [-0.3, -0.25) is 4.79 Å².